The van der Waals surface area contributed by atoms with Crippen molar-refractivity contribution in [2.45, 2.75) is 19.9 Å². The van der Waals surface area contributed by atoms with Crippen molar-refractivity contribution < 1.29 is 4.42 Å². The van der Waals surface area contributed by atoms with Gasteiger partial charge in [0.05, 0.1) is 6.04 Å². The molecule has 1 atom stereocenters. The monoisotopic (exact) mass is 199 g/mol. The molecule has 1 heterocycles. The molecule has 0 aliphatic heterocycles. The summed E-state index contributed by atoms with van der Waals surface area (Å²) in [4.78, 5) is 0. The van der Waals surface area contributed by atoms with Gasteiger partial charge in [-0.1, -0.05) is 17.6 Å². The van der Waals surface area contributed by atoms with Crippen LogP contribution in [0.15, 0.2) is 28.7 Å². The molecule has 0 aliphatic carbocycles. The smallest absolute Gasteiger partial charge is 0.178 e. The molecule has 2 N–H and O–H groups in total. The van der Waals surface area contributed by atoms with Crippen molar-refractivity contribution in [2.24, 2.45) is 5.73 Å². The molecule has 15 heavy (non-hydrogen) atoms. The first-order valence-corrected chi connectivity index (χ1v) is 4.92. The molecule has 0 radical (unpaired) electrons. The second-order valence-electron chi connectivity index (χ2n) is 3.71. The summed E-state index contributed by atoms with van der Waals surface area (Å²) in [5, 5.41) is 1.09. The number of aryl methyl sites for hydroxylation is 1. The minimum absolute atomic E-state index is 0.125. The maximum atomic E-state index is 5.54. The molecule has 0 spiro atoms. The summed E-state index contributed by atoms with van der Waals surface area (Å²) in [5.74, 6) is 6.46. The Labute approximate surface area is 89.1 Å². The summed E-state index contributed by atoms with van der Waals surface area (Å²) >= 11 is 0. The van der Waals surface area contributed by atoms with Gasteiger partial charge in [-0.15, -0.1) is 0 Å². The van der Waals surface area contributed by atoms with Crippen LogP contribution in [0.1, 0.15) is 18.2 Å². The van der Waals surface area contributed by atoms with Gasteiger partial charge in [-0.3, -0.25) is 0 Å². The highest BCUT2D eigenvalue weighted by atomic mass is 16.3. The number of fused-ring (bicyclic) bond motifs is 1. The Kier molecular flexibility index (Phi) is 2.49. The highest BCUT2D eigenvalue weighted by Gasteiger charge is 2.00. The van der Waals surface area contributed by atoms with Gasteiger partial charge in [0.25, 0.3) is 0 Å². The molecule has 2 aromatic rings. The van der Waals surface area contributed by atoms with Crippen LogP contribution in [0.25, 0.3) is 11.0 Å². The molecule has 1 aromatic heterocycles. The summed E-state index contributed by atoms with van der Waals surface area (Å²) in [6.45, 7) is 3.90. The van der Waals surface area contributed by atoms with Crippen LogP contribution in [0.4, 0.5) is 0 Å². The summed E-state index contributed by atoms with van der Waals surface area (Å²) in [6.07, 6.45) is 0. The van der Waals surface area contributed by atoms with Crippen LogP contribution in [0, 0.1) is 18.8 Å². The lowest BCUT2D eigenvalue weighted by Crippen LogP contribution is -2.10. The molecule has 0 saturated carbocycles. The molecular weight excluding hydrogens is 186 g/mol. The largest absolute Gasteiger partial charge is 0.448 e. The standard InChI is InChI=1S/C13H13NO/c1-9-3-6-13-11(7-9)8-12(15-13)5-4-10(2)14/h3,6-8,10H,14H2,1-2H3. The van der Waals surface area contributed by atoms with E-state index in [2.05, 4.69) is 24.8 Å². The van der Waals surface area contributed by atoms with Crippen LogP contribution in [0.5, 0.6) is 0 Å². The van der Waals surface area contributed by atoms with Crippen LogP contribution in [-0.2, 0) is 0 Å². The fourth-order valence-electron chi connectivity index (χ4n) is 1.41. The minimum atomic E-state index is -0.125. The zero-order valence-corrected chi connectivity index (χ0v) is 8.87. The SMILES string of the molecule is Cc1ccc2oc(C#CC(C)N)cc2c1. The lowest BCUT2D eigenvalue weighted by Gasteiger charge is -1.89. The molecule has 0 bridgehead atoms. The molecule has 0 amide bonds. The zero-order chi connectivity index (χ0) is 10.8. The average molecular weight is 199 g/mol. The maximum Gasteiger partial charge on any atom is 0.178 e. The van der Waals surface area contributed by atoms with Gasteiger partial charge in [-0.05, 0) is 31.9 Å². The van der Waals surface area contributed by atoms with E-state index in [1.807, 2.05) is 25.1 Å². The van der Waals surface area contributed by atoms with Crippen molar-refractivity contribution in [3.05, 3.63) is 35.6 Å². The van der Waals surface area contributed by atoms with Gasteiger partial charge in [0, 0.05) is 11.5 Å². The lowest BCUT2D eigenvalue weighted by atomic mass is 10.2. The Hall–Kier alpha value is -1.72. The maximum absolute atomic E-state index is 5.54. The van der Waals surface area contributed by atoms with E-state index >= 15 is 0 Å². The second-order valence-corrected chi connectivity index (χ2v) is 3.71. The topological polar surface area (TPSA) is 39.2 Å². The van der Waals surface area contributed by atoms with E-state index in [-0.39, 0.29) is 6.04 Å². The lowest BCUT2D eigenvalue weighted by molar-refractivity contribution is 0.601. The number of hydrogen-bond donors (Lipinski definition) is 1. The van der Waals surface area contributed by atoms with E-state index in [4.69, 9.17) is 10.2 Å². The molecule has 2 heteroatoms. The van der Waals surface area contributed by atoms with Crippen molar-refractivity contribution in [1.29, 1.82) is 0 Å². The number of nitrogens with two attached hydrogens (primary N) is 1. The summed E-state index contributed by atoms with van der Waals surface area (Å²) < 4.78 is 5.54. The first kappa shape index (κ1) is 9.82. The van der Waals surface area contributed by atoms with E-state index in [0.717, 1.165) is 11.0 Å². The van der Waals surface area contributed by atoms with E-state index < -0.39 is 0 Å². The summed E-state index contributed by atoms with van der Waals surface area (Å²) in [6, 6.07) is 7.88. The molecule has 1 unspecified atom stereocenters. The van der Waals surface area contributed by atoms with Gasteiger partial charge in [0.1, 0.15) is 5.58 Å². The van der Waals surface area contributed by atoms with E-state index in [1.165, 1.54) is 5.56 Å². The predicted octanol–water partition coefficient (Wildman–Crippen LogP) is 2.44. The van der Waals surface area contributed by atoms with Gasteiger partial charge in [0.2, 0.25) is 0 Å². The number of furan rings is 1. The van der Waals surface area contributed by atoms with E-state index in [0.29, 0.717) is 5.76 Å². The highest BCUT2D eigenvalue weighted by molar-refractivity contribution is 5.79. The molecule has 2 nitrogen and oxygen atoms in total. The summed E-state index contributed by atoms with van der Waals surface area (Å²) in [7, 11) is 0. The van der Waals surface area contributed by atoms with Crippen molar-refractivity contribution >= 4 is 11.0 Å². The molecule has 1 aromatic carbocycles. The Morgan fingerprint density at radius 3 is 2.87 bits per heavy atom. The first-order valence-electron chi connectivity index (χ1n) is 4.92. The highest BCUT2D eigenvalue weighted by Crippen LogP contribution is 2.19. The third kappa shape index (κ3) is 2.20. The van der Waals surface area contributed by atoms with E-state index in [1.54, 1.807) is 0 Å². The number of rotatable bonds is 0. The molecule has 0 fully saturated rings. The van der Waals surface area contributed by atoms with Gasteiger partial charge in [-0.2, -0.15) is 0 Å². The molecular formula is C13H13NO. The Bertz CT molecular complexity index is 540. The van der Waals surface area contributed by atoms with Crippen LogP contribution in [-0.4, -0.2) is 6.04 Å². The number of benzene rings is 1. The van der Waals surface area contributed by atoms with Crippen LogP contribution in [0.2, 0.25) is 0 Å². The van der Waals surface area contributed by atoms with Crippen LogP contribution < -0.4 is 5.73 Å². The normalized spacial score (nSPS) is 12.2. The van der Waals surface area contributed by atoms with Crippen molar-refractivity contribution in [3.8, 4) is 11.8 Å². The Morgan fingerprint density at radius 1 is 1.33 bits per heavy atom. The van der Waals surface area contributed by atoms with Gasteiger partial charge in [0.15, 0.2) is 5.76 Å². The van der Waals surface area contributed by atoms with Gasteiger partial charge < -0.3 is 10.2 Å². The quantitative estimate of drug-likeness (QED) is 0.662. The van der Waals surface area contributed by atoms with Crippen molar-refractivity contribution in [2.75, 3.05) is 0 Å². The van der Waals surface area contributed by atoms with Crippen LogP contribution >= 0.6 is 0 Å². The molecule has 0 saturated heterocycles. The molecule has 76 valence electrons. The second kappa shape index (κ2) is 3.80. The Morgan fingerprint density at radius 2 is 2.13 bits per heavy atom. The average Bonchev–Trinajstić information content (AvgIpc) is 2.56. The van der Waals surface area contributed by atoms with Gasteiger partial charge in [-0.25, -0.2) is 0 Å². The van der Waals surface area contributed by atoms with Crippen molar-refractivity contribution in [1.82, 2.24) is 0 Å². The van der Waals surface area contributed by atoms with Gasteiger partial charge >= 0.3 is 0 Å². The fourth-order valence-corrected chi connectivity index (χ4v) is 1.41. The summed E-state index contributed by atoms with van der Waals surface area (Å²) in [5.41, 5.74) is 7.63. The fraction of sp³-hybridized carbons (Fsp3) is 0.231. The van der Waals surface area contributed by atoms with Crippen molar-refractivity contribution in [3.63, 3.8) is 0 Å². The molecule has 0 aliphatic rings. The third-order valence-electron chi connectivity index (χ3n) is 2.09. The Balaban J connectivity index is 2.44. The van der Waals surface area contributed by atoms with Crippen LogP contribution in [0.3, 0.4) is 0 Å². The third-order valence-corrected chi connectivity index (χ3v) is 2.09. The van der Waals surface area contributed by atoms with E-state index in [9.17, 15) is 0 Å². The minimum Gasteiger partial charge on any atom is -0.448 e. The number of hydrogen-bond acceptors (Lipinski definition) is 2. The predicted molar refractivity (Wildman–Crippen MR) is 61.5 cm³/mol. The molecule has 2 rings (SSSR count). The zero-order valence-electron chi connectivity index (χ0n) is 8.87. The first-order chi connectivity index (χ1) is 7.15.